The SMILES string of the molecule is CC(=O)c1ccc(N2CC[NH+]([C@H](C)C(=O)Nc3ccc(C(C)C)cc3)CC2)cc1. The molecule has 1 amide bonds. The number of Topliss-reactive ketones (excluding diaryl/α,β-unsaturated/α-hetero) is 1. The molecule has 1 fully saturated rings. The maximum absolute atomic E-state index is 12.7. The second-order valence-corrected chi connectivity index (χ2v) is 8.24. The largest absolute Gasteiger partial charge is 0.360 e. The van der Waals surface area contributed by atoms with Crippen LogP contribution in [0, 0.1) is 0 Å². The van der Waals surface area contributed by atoms with Gasteiger partial charge in [0.15, 0.2) is 11.8 Å². The van der Waals surface area contributed by atoms with E-state index in [9.17, 15) is 9.59 Å². The van der Waals surface area contributed by atoms with E-state index >= 15 is 0 Å². The lowest BCUT2D eigenvalue weighted by Crippen LogP contribution is -3.19. The molecular formula is C24H32N3O2+. The Hall–Kier alpha value is -2.66. The minimum Gasteiger partial charge on any atom is -0.360 e. The highest BCUT2D eigenvalue weighted by atomic mass is 16.2. The maximum atomic E-state index is 12.7. The van der Waals surface area contributed by atoms with Crippen LogP contribution in [0.3, 0.4) is 0 Å². The summed E-state index contributed by atoms with van der Waals surface area (Å²) < 4.78 is 0. The van der Waals surface area contributed by atoms with E-state index in [4.69, 9.17) is 0 Å². The first-order valence-electron chi connectivity index (χ1n) is 10.5. The van der Waals surface area contributed by atoms with Crippen molar-refractivity contribution in [1.29, 1.82) is 0 Å². The summed E-state index contributed by atoms with van der Waals surface area (Å²) in [5.41, 5.74) is 4.00. The predicted molar refractivity (Wildman–Crippen MR) is 118 cm³/mol. The first kappa shape index (κ1) is 21.1. The van der Waals surface area contributed by atoms with Gasteiger partial charge in [-0.2, -0.15) is 0 Å². The molecule has 3 rings (SSSR count). The van der Waals surface area contributed by atoms with Crippen LogP contribution < -0.4 is 15.1 Å². The number of nitrogens with zero attached hydrogens (tertiary/aromatic N) is 1. The van der Waals surface area contributed by atoms with Gasteiger partial charge < -0.3 is 15.1 Å². The number of carbonyl (C=O) groups is 2. The van der Waals surface area contributed by atoms with Gasteiger partial charge >= 0.3 is 0 Å². The molecule has 2 aromatic rings. The van der Waals surface area contributed by atoms with Crippen LogP contribution in [0.15, 0.2) is 48.5 Å². The highest BCUT2D eigenvalue weighted by Crippen LogP contribution is 2.18. The second-order valence-electron chi connectivity index (χ2n) is 8.24. The summed E-state index contributed by atoms with van der Waals surface area (Å²) in [5, 5.41) is 3.06. The third-order valence-electron chi connectivity index (χ3n) is 5.90. The van der Waals surface area contributed by atoms with Crippen LogP contribution in [-0.4, -0.2) is 43.9 Å². The molecule has 0 aliphatic carbocycles. The molecule has 1 aliphatic rings. The van der Waals surface area contributed by atoms with Crippen LogP contribution in [-0.2, 0) is 4.79 Å². The van der Waals surface area contributed by atoms with Crippen LogP contribution >= 0.6 is 0 Å². The molecule has 0 spiro atoms. The van der Waals surface area contributed by atoms with E-state index in [2.05, 4.69) is 36.2 Å². The van der Waals surface area contributed by atoms with E-state index in [1.807, 2.05) is 43.3 Å². The number of amides is 1. The Morgan fingerprint density at radius 3 is 2.03 bits per heavy atom. The summed E-state index contributed by atoms with van der Waals surface area (Å²) in [7, 11) is 0. The molecule has 5 heteroatoms. The number of anilines is 2. The second kappa shape index (κ2) is 9.23. The van der Waals surface area contributed by atoms with Crippen LogP contribution in [0.25, 0.3) is 0 Å². The molecule has 0 radical (unpaired) electrons. The lowest BCUT2D eigenvalue weighted by molar-refractivity contribution is -0.914. The van der Waals surface area contributed by atoms with Crippen molar-refractivity contribution in [2.45, 2.75) is 39.7 Å². The fourth-order valence-electron chi connectivity index (χ4n) is 3.78. The van der Waals surface area contributed by atoms with Gasteiger partial charge in [-0.1, -0.05) is 26.0 Å². The van der Waals surface area contributed by atoms with Crippen molar-refractivity contribution < 1.29 is 14.5 Å². The van der Waals surface area contributed by atoms with Gasteiger partial charge in [-0.15, -0.1) is 0 Å². The Morgan fingerprint density at radius 2 is 1.52 bits per heavy atom. The van der Waals surface area contributed by atoms with Crippen LogP contribution in [0.1, 0.15) is 49.5 Å². The van der Waals surface area contributed by atoms with Gasteiger partial charge in [0.05, 0.1) is 26.2 Å². The summed E-state index contributed by atoms with van der Waals surface area (Å²) in [6.45, 7) is 11.5. The normalized spacial score (nSPS) is 16.0. The van der Waals surface area contributed by atoms with Gasteiger partial charge in [0.25, 0.3) is 5.91 Å². The van der Waals surface area contributed by atoms with E-state index in [0.717, 1.165) is 43.1 Å². The number of quaternary nitrogens is 1. The predicted octanol–water partition coefficient (Wildman–Crippen LogP) is 2.74. The van der Waals surface area contributed by atoms with Crippen LogP contribution in [0.4, 0.5) is 11.4 Å². The number of piperazine rings is 1. The van der Waals surface area contributed by atoms with Crippen molar-refractivity contribution in [3.8, 4) is 0 Å². The summed E-state index contributed by atoms with van der Waals surface area (Å²) in [5.74, 6) is 0.638. The molecule has 2 N–H and O–H groups in total. The number of benzene rings is 2. The first-order chi connectivity index (χ1) is 13.8. The van der Waals surface area contributed by atoms with Crippen molar-refractivity contribution in [2.24, 2.45) is 0 Å². The highest BCUT2D eigenvalue weighted by molar-refractivity contribution is 5.94. The average Bonchev–Trinajstić information content (AvgIpc) is 2.73. The summed E-state index contributed by atoms with van der Waals surface area (Å²) in [6.07, 6.45) is 0. The first-order valence-corrected chi connectivity index (χ1v) is 10.5. The summed E-state index contributed by atoms with van der Waals surface area (Å²) >= 11 is 0. The Morgan fingerprint density at radius 1 is 0.931 bits per heavy atom. The number of hydrogen-bond acceptors (Lipinski definition) is 3. The topological polar surface area (TPSA) is 53.9 Å². The summed E-state index contributed by atoms with van der Waals surface area (Å²) in [4.78, 5) is 27.8. The van der Waals surface area contributed by atoms with Crippen molar-refractivity contribution in [3.63, 3.8) is 0 Å². The van der Waals surface area contributed by atoms with E-state index in [1.165, 1.54) is 10.5 Å². The third kappa shape index (κ3) is 5.24. The lowest BCUT2D eigenvalue weighted by atomic mass is 10.0. The molecule has 1 heterocycles. The van der Waals surface area contributed by atoms with Crippen LogP contribution in [0.2, 0.25) is 0 Å². The van der Waals surface area contributed by atoms with Crippen LogP contribution in [0.5, 0.6) is 0 Å². The van der Waals surface area contributed by atoms with E-state index in [-0.39, 0.29) is 17.7 Å². The molecule has 0 unspecified atom stereocenters. The number of nitrogens with one attached hydrogen (secondary N) is 2. The Labute approximate surface area is 173 Å². The zero-order valence-electron chi connectivity index (χ0n) is 17.9. The van der Waals surface area contributed by atoms with Gasteiger partial charge in [-0.3, -0.25) is 9.59 Å². The molecule has 0 saturated carbocycles. The van der Waals surface area contributed by atoms with Gasteiger partial charge in [0, 0.05) is 16.9 Å². The third-order valence-corrected chi connectivity index (χ3v) is 5.90. The quantitative estimate of drug-likeness (QED) is 0.741. The van der Waals surface area contributed by atoms with Gasteiger partial charge in [-0.25, -0.2) is 0 Å². The smallest absolute Gasteiger partial charge is 0.282 e. The number of carbonyl (C=O) groups excluding carboxylic acids is 2. The average molecular weight is 395 g/mol. The summed E-state index contributed by atoms with van der Waals surface area (Å²) in [6, 6.07) is 15.8. The molecule has 1 saturated heterocycles. The number of rotatable bonds is 6. The standard InChI is InChI=1S/C24H31N3O2/c1-17(2)20-5-9-22(10-6-20)25-24(29)18(3)26-13-15-27(16-14-26)23-11-7-21(8-12-23)19(4)28/h5-12,17-18H,13-16H2,1-4H3,(H,25,29)/p+1/t18-/m1/s1. The number of ketones is 1. The molecular weight excluding hydrogens is 362 g/mol. The van der Waals surface area contributed by atoms with E-state index < -0.39 is 0 Å². The highest BCUT2D eigenvalue weighted by Gasteiger charge is 2.29. The molecule has 2 aromatic carbocycles. The molecule has 1 atom stereocenters. The minimum absolute atomic E-state index is 0.0663. The monoisotopic (exact) mass is 394 g/mol. The molecule has 1 aliphatic heterocycles. The van der Waals surface area contributed by atoms with Crippen molar-refractivity contribution in [1.82, 2.24) is 0 Å². The fraction of sp³-hybridized carbons (Fsp3) is 0.417. The maximum Gasteiger partial charge on any atom is 0.282 e. The molecule has 29 heavy (non-hydrogen) atoms. The minimum atomic E-state index is -0.0954. The zero-order valence-corrected chi connectivity index (χ0v) is 17.9. The van der Waals surface area contributed by atoms with E-state index in [1.54, 1.807) is 6.92 Å². The van der Waals surface area contributed by atoms with Crippen molar-refractivity contribution >= 4 is 23.1 Å². The number of hydrogen-bond donors (Lipinski definition) is 2. The Kier molecular flexibility index (Phi) is 6.70. The van der Waals surface area contributed by atoms with Crippen molar-refractivity contribution in [2.75, 3.05) is 36.4 Å². The van der Waals surface area contributed by atoms with Gasteiger partial charge in [0.2, 0.25) is 0 Å². The van der Waals surface area contributed by atoms with Gasteiger partial charge in [0.1, 0.15) is 0 Å². The lowest BCUT2D eigenvalue weighted by Gasteiger charge is -2.36. The van der Waals surface area contributed by atoms with Gasteiger partial charge in [-0.05, 0) is 61.7 Å². The Bertz CT molecular complexity index is 835. The van der Waals surface area contributed by atoms with Crippen molar-refractivity contribution in [3.05, 3.63) is 59.7 Å². The molecule has 154 valence electrons. The zero-order chi connectivity index (χ0) is 21.0. The molecule has 5 nitrogen and oxygen atoms in total. The van der Waals surface area contributed by atoms with E-state index in [0.29, 0.717) is 5.92 Å². The Balaban J connectivity index is 1.53. The fourth-order valence-corrected chi connectivity index (χ4v) is 3.78. The molecule has 0 aromatic heterocycles. The molecule has 0 bridgehead atoms.